The van der Waals surface area contributed by atoms with Crippen molar-refractivity contribution in [3.8, 4) is 6.07 Å². The Morgan fingerprint density at radius 2 is 1.90 bits per heavy atom. The Morgan fingerprint density at radius 3 is 2.45 bits per heavy atom. The van der Waals surface area contributed by atoms with Crippen LogP contribution in [0.3, 0.4) is 0 Å². The lowest BCUT2D eigenvalue weighted by molar-refractivity contribution is 0.483. The monoisotopic (exact) mass is 292 g/mol. The topological polar surface area (TPSA) is 70.0 Å². The normalized spacial score (nSPS) is 19.4. The summed E-state index contributed by atoms with van der Waals surface area (Å²) in [6.07, 6.45) is 3.04. The van der Waals surface area contributed by atoms with Gasteiger partial charge in [-0.3, -0.25) is 0 Å². The van der Waals surface area contributed by atoms with E-state index in [-0.39, 0.29) is 11.7 Å². The number of rotatable bonds is 5. The molecule has 1 aromatic rings. The van der Waals surface area contributed by atoms with E-state index in [1.807, 2.05) is 37.3 Å². The third-order valence-corrected chi connectivity index (χ3v) is 5.50. The molecule has 0 amide bonds. The summed E-state index contributed by atoms with van der Waals surface area (Å²) >= 11 is 0. The van der Waals surface area contributed by atoms with E-state index in [1.54, 1.807) is 0 Å². The Balaban J connectivity index is 2.06. The minimum Gasteiger partial charge on any atom is -0.212 e. The molecule has 0 heterocycles. The summed E-state index contributed by atoms with van der Waals surface area (Å²) in [4.78, 5) is 0. The first-order valence-corrected chi connectivity index (χ1v) is 8.59. The quantitative estimate of drug-likeness (QED) is 0.906. The lowest BCUT2D eigenvalue weighted by Gasteiger charge is -2.23. The lowest BCUT2D eigenvalue weighted by Crippen LogP contribution is -2.46. The largest absolute Gasteiger partial charge is 0.213 e. The first kappa shape index (κ1) is 15.0. The van der Waals surface area contributed by atoms with Crippen LogP contribution in [0, 0.1) is 11.3 Å². The lowest BCUT2D eigenvalue weighted by atomic mass is 10.0. The van der Waals surface area contributed by atoms with E-state index in [4.69, 9.17) is 0 Å². The summed E-state index contributed by atoms with van der Waals surface area (Å²) < 4.78 is 27.2. The molecule has 20 heavy (non-hydrogen) atoms. The molecular formula is C15H20N2O2S. The highest BCUT2D eigenvalue weighted by Crippen LogP contribution is 2.30. The van der Waals surface area contributed by atoms with Gasteiger partial charge in [0.25, 0.3) is 0 Å². The van der Waals surface area contributed by atoms with Crippen molar-refractivity contribution in [2.45, 2.75) is 44.1 Å². The molecule has 0 aliphatic heterocycles. The van der Waals surface area contributed by atoms with Crippen LogP contribution in [-0.4, -0.2) is 19.7 Å². The fraction of sp³-hybridized carbons (Fsp3) is 0.533. The molecule has 1 unspecified atom stereocenters. The molecule has 108 valence electrons. The van der Waals surface area contributed by atoms with Gasteiger partial charge in [0, 0.05) is 0 Å². The van der Waals surface area contributed by atoms with Crippen LogP contribution in [0.1, 0.15) is 44.1 Å². The van der Waals surface area contributed by atoms with Gasteiger partial charge in [0.2, 0.25) is 10.0 Å². The van der Waals surface area contributed by atoms with Crippen LogP contribution in [-0.2, 0) is 10.0 Å². The van der Waals surface area contributed by atoms with Gasteiger partial charge in [-0.1, -0.05) is 50.1 Å². The molecule has 0 spiro atoms. The maximum Gasteiger partial charge on any atom is 0.213 e. The van der Waals surface area contributed by atoms with E-state index in [0.29, 0.717) is 12.8 Å². The van der Waals surface area contributed by atoms with Crippen molar-refractivity contribution in [1.82, 2.24) is 4.72 Å². The van der Waals surface area contributed by atoms with Crippen molar-refractivity contribution in [2.75, 3.05) is 5.75 Å². The van der Waals surface area contributed by atoms with Crippen molar-refractivity contribution in [2.24, 2.45) is 0 Å². The molecule has 1 saturated carbocycles. The Morgan fingerprint density at radius 1 is 1.30 bits per heavy atom. The maximum atomic E-state index is 12.3. The van der Waals surface area contributed by atoms with Crippen LogP contribution < -0.4 is 4.72 Å². The third kappa shape index (κ3) is 3.59. The van der Waals surface area contributed by atoms with Gasteiger partial charge in [-0.15, -0.1) is 0 Å². The zero-order valence-corrected chi connectivity index (χ0v) is 12.5. The summed E-state index contributed by atoms with van der Waals surface area (Å²) in [5.74, 6) is -0.0775. The minimum absolute atomic E-state index is 0.0143. The van der Waals surface area contributed by atoms with Gasteiger partial charge in [-0.2, -0.15) is 9.98 Å². The molecule has 1 N–H and O–H groups in total. The van der Waals surface area contributed by atoms with Crippen molar-refractivity contribution in [3.05, 3.63) is 35.9 Å². The second-order valence-electron chi connectivity index (χ2n) is 5.60. The van der Waals surface area contributed by atoms with E-state index >= 15 is 0 Å². The molecule has 0 aromatic heterocycles. The van der Waals surface area contributed by atoms with Gasteiger partial charge in [0.1, 0.15) is 5.54 Å². The van der Waals surface area contributed by atoms with E-state index in [0.717, 1.165) is 18.4 Å². The van der Waals surface area contributed by atoms with E-state index < -0.39 is 15.6 Å². The van der Waals surface area contributed by atoms with Gasteiger partial charge >= 0.3 is 0 Å². The predicted molar refractivity (Wildman–Crippen MR) is 78.6 cm³/mol. The Kier molecular flexibility index (Phi) is 4.46. The Bertz CT molecular complexity index is 584. The Labute approximate surface area is 120 Å². The third-order valence-electron chi connectivity index (χ3n) is 3.86. The van der Waals surface area contributed by atoms with E-state index in [1.165, 1.54) is 0 Å². The van der Waals surface area contributed by atoms with E-state index in [2.05, 4.69) is 10.8 Å². The van der Waals surface area contributed by atoms with Crippen LogP contribution in [0.5, 0.6) is 0 Å². The SMILES string of the molecule is CC(CS(=O)(=O)NC1(C#N)CCCC1)c1ccccc1. The average molecular weight is 292 g/mol. The molecule has 0 saturated heterocycles. The zero-order valence-electron chi connectivity index (χ0n) is 11.7. The van der Waals surface area contributed by atoms with Gasteiger partial charge in [-0.05, 0) is 24.3 Å². The molecule has 1 aromatic carbocycles. The summed E-state index contributed by atoms with van der Waals surface area (Å²) in [7, 11) is -3.46. The zero-order chi connectivity index (χ0) is 14.6. The predicted octanol–water partition coefficient (Wildman–Crippen LogP) is 2.55. The number of hydrogen-bond donors (Lipinski definition) is 1. The second kappa shape index (κ2) is 5.94. The molecule has 4 nitrogen and oxygen atoms in total. The molecule has 1 fully saturated rings. The summed E-state index contributed by atoms with van der Waals surface area (Å²) in [6.45, 7) is 1.89. The highest BCUT2D eigenvalue weighted by molar-refractivity contribution is 7.89. The van der Waals surface area contributed by atoms with Gasteiger partial charge in [-0.25, -0.2) is 8.42 Å². The number of benzene rings is 1. The number of sulfonamides is 1. The van der Waals surface area contributed by atoms with Crippen molar-refractivity contribution in [1.29, 1.82) is 5.26 Å². The van der Waals surface area contributed by atoms with Crippen LogP contribution in [0.25, 0.3) is 0 Å². The van der Waals surface area contributed by atoms with Gasteiger partial charge in [0.05, 0.1) is 11.8 Å². The van der Waals surface area contributed by atoms with Crippen LogP contribution in [0.2, 0.25) is 0 Å². The van der Waals surface area contributed by atoms with Crippen LogP contribution in [0.4, 0.5) is 0 Å². The summed E-state index contributed by atoms with van der Waals surface area (Å²) in [5.41, 5.74) is 0.116. The van der Waals surface area contributed by atoms with Crippen molar-refractivity contribution < 1.29 is 8.42 Å². The summed E-state index contributed by atoms with van der Waals surface area (Å²) in [5, 5.41) is 9.25. The fourth-order valence-electron chi connectivity index (χ4n) is 2.76. The molecule has 1 atom stereocenters. The fourth-order valence-corrected chi connectivity index (χ4v) is 4.54. The van der Waals surface area contributed by atoms with Gasteiger partial charge < -0.3 is 0 Å². The molecule has 2 rings (SSSR count). The number of nitriles is 1. The molecule has 0 radical (unpaired) electrons. The second-order valence-corrected chi connectivity index (χ2v) is 7.36. The summed E-state index contributed by atoms with van der Waals surface area (Å²) in [6, 6.07) is 11.7. The first-order chi connectivity index (χ1) is 9.46. The smallest absolute Gasteiger partial charge is 0.212 e. The van der Waals surface area contributed by atoms with Crippen molar-refractivity contribution >= 4 is 10.0 Å². The number of nitrogens with one attached hydrogen (secondary N) is 1. The molecular weight excluding hydrogens is 272 g/mol. The molecule has 1 aliphatic carbocycles. The molecule has 5 heteroatoms. The standard InChI is InChI=1S/C15H20N2O2S/c1-13(14-7-3-2-4-8-14)11-20(18,19)17-15(12-16)9-5-6-10-15/h2-4,7-8,13,17H,5-6,9-11H2,1H3. The average Bonchev–Trinajstić information content (AvgIpc) is 2.87. The highest BCUT2D eigenvalue weighted by Gasteiger charge is 2.38. The Hall–Kier alpha value is -1.38. The van der Waals surface area contributed by atoms with Crippen molar-refractivity contribution in [3.63, 3.8) is 0 Å². The maximum absolute atomic E-state index is 12.3. The first-order valence-electron chi connectivity index (χ1n) is 6.94. The number of hydrogen-bond acceptors (Lipinski definition) is 3. The molecule has 0 bridgehead atoms. The van der Waals surface area contributed by atoms with E-state index in [9.17, 15) is 13.7 Å². The van der Waals surface area contributed by atoms with Crippen LogP contribution >= 0.6 is 0 Å². The highest BCUT2D eigenvalue weighted by atomic mass is 32.2. The van der Waals surface area contributed by atoms with Gasteiger partial charge in [0.15, 0.2) is 0 Å². The number of nitrogens with zero attached hydrogens (tertiary/aromatic N) is 1. The van der Waals surface area contributed by atoms with Crippen LogP contribution in [0.15, 0.2) is 30.3 Å². The minimum atomic E-state index is -3.46. The molecule has 1 aliphatic rings.